The SMILES string of the molecule is Cc1cc(N(CCC(=O)Nc2ccc(F)c(F)c2F)S(C)(=O)=O)no1. The molecule has 0 aliphatic heterocycles. The standard InChI is InChI=1S/C14H14F3N3O4S/c1-8-7-11(19-24-8)20(25(2,22)23)6-5-12(21)18-10-4-3-9(15)13(16)14(10)17/h3-4,7H,5-6H2,1-2H3,(H,18,21). The minimum absolute atomic E-state index is 0.00759. The summed E-state index contributed by atoms with van der Waals surface area (Å²) >= 11 is 0. The molecular weight excluding hydrogens is 363 g/mol. The van der Waals surface area contributed by atoms with Crippen molar-refractivity contribution in [3.05, 3.63) is 41.4 Å². The van der Waals surface area contributed by atoms with E-state index in [1.54, 1.807) is 6.92 Å². The maximum Gasteiger partial charge on any atom is 0.233 e. The number of aromatic nitrogens is 1. The average molecular weight is 377 g/mol. The second-order valence-corrected chi connectivity index (χ2v) is 7.06. The van der Waals surface area contributed by atoms with Gasteiger partial charge in [-0.1, -0.05) is 5.16 Å². The molecule has 0 radical (unpaired) electrons. The van der Waals surface area contributed by atoms with Gasteiger partial charge in [-0.2, -0.15) is 0 Å². The zero-order chi connectivity index (χ0) is 18.8. The van der Waals surface area contributed by atoms with Gasteiger partial charge in [-0.25, -0.2) is 21.6 Å². The van der Waals surface area contributed by atoms with Crippen LogP contribution in [-0.2, 0) is 14.8 Å². The van der Waals surface area contributed by atoms with Crippen LogP contribution in [0.1, 0.15) is 12.2 Å². The van der Waals surface area contributed by atoms with Gasteiger partial charge < -0.3 is 9.84 Å². The molecule has 0 aliphatic rings. The lowest BCUT2D eigenvalue weighted by atomic mass is 10.2. The van der Waals surface area contributed by atoms with E-state index in [4.69, 9.17) is 4.52 Å². The number of carbonyl (C=O) groups is 1. The van der Waals surface area contributed by atoms with Crippen LogP contribution >= 0.6 is 0 Å². The van der Waals surface area contributed by atoms with Crippen molar-refractivity contribution in [1.82, 2.24) is 5.16 Å². The van der Waals surface area contributed by atoms with Crippen LogP contribution in [0.25, 0.3) is 0 Å². The van der Waals surface area contributed by atoms with Crippen molar-refractivity contribution in [3.8, 4) is 0 Å². The fourth-order valence-corrected chi connectivity index (χ4v) is 2.81. The van der Waals surface area contributed by atoms with Crippen LogP contribution in [0.2, 0.25) is 0 Å². The summed E-state index contributed by atoms with van der Waals surface area (Å²) in [4.78, 5) is 11.9. The molecule has 1 aromatic carbocycles. The monoisotopic (exact) mass is 377 g/mol. The Labute approximate surface area is 141 Å². The molecule has 2 rings (SSSR count). The topological polar surface area (TPSA) is 92.5 Å². The lowest BCUT2D eigenvalue weighted by Gasteiger charge is -2.18. The molecule has 1 heterocycles. The molecule has 0 atom stereocenters. The first-order valence-electron chi connectivity index (χ1n) is 6.94. The molecule has 0 bridgehead atoms. The Balaban J connectivity index is 2.08. The molecule has 0 saturated heterocycles. The normalized spacial score (nSPS) is 11.4. The molecule has 1 amide bonds. The second-order valence-electron chi connectivity index (χ2n) is 5.15. The number of sulfonamides is 1. The van der Waals surface area contributed by atoms with Crippen LogP contribution in [0.3, 0.4) is 0 Å². The van der Waals surface area contributed by atoms with Gasteiger partial charge in [0.15, 0.2) is 23.3 Å². The summed E-state index contributed by atoms with van der Waals surface area (Å²) < 4.78 is 68.8. The summed E-state index contributed by atoms with van der Waals surface area (Å²) in [6.07, 6.45) is 0.543. The number of aryl methyl sites for hydroxylation is 1. The first-order chi connectivity index (χ1) is 11.6. The van der Waals surface area contributed by atoms with Crippen LogP contribution in [0, 0.1) is 24.4 Å². The molecule has 136 valence electrons. The van der Waals surface area contributed by atoms with Crippen molar-refractivity contribution in [2.45, 2.75) is 13.3 Å². The number of rotatable bonds is 6. The minimum Gasteiger partial charge on any atom is -0.360 e. The molecule has 0 spiro atoms. The fourth-order valence-electron chi connectivity index (χ4n) is 1.96. The second kappa shape index (κ2) is 7.13. The van der Waals surface area contributed by atoms with E-state index in [-0.39, 0.29) is 18.8 Å². The predicted octanol–water partition coefficient (Wildman–Crippen LogP) is 2.20. The molecule has 7 nitrogen and oxygen atoms in total. The summed E-state index contributed by atoms with van der Waals surface area (Å²) in [5.74, 6) is -5.07. The molecule has 1 aromatic heterocycles. The number of hydrogen-bond acceptors (Lipinski definition) is 5. The molecule has 0 fully saturated rings. The van der Waals surface area contributed by atoms with Crippen molar-refractivity contribution < 1.29 is 30.9 Å². The van der Waals surface area contributed by atoms with Crippen molar-refractivity contribution in [2.24, 2.45) is 0 Å². The maximum atomic E-state index is 13.5. The van der Waals surface area contributed by atoms with Crippen LogP contribution in [0.5, 0.6) is 0 Å². The number of amides is 1. The Morgan fingerprint density at radius 2 is 1.96 bits per heavy atom. The Morgan fingerprint density at radius 3 is 2.52 bits per heavy atom. The zero-order valence-electron chi connectivity index (χ0n) is 13.2. The highest BCUT2D eigenvalue weighted by atomic mass is 32.2. The number of anilines is 2. The predicted molar refractivity (Wildman–Crippen MR) is 83.0 cm³/mol. The van der Waals surface area contributed by atoms with Crippen molar-refractivity contribution >= 4 is 27.4 Å². The fraction of sp³-hybridized carbons (Fsp3) is 0.286. The number of nitrogens with one attached hydrogen (secondary N) is 1. The third-order valence-corrected chi connectivity index (χ3v) is 4.29. The molecule has 2 aromatic rings. The van der Waals surface area contributed by atoms with E-state index in [0.717, 1.165) is 16.6 Å². The summed E-state index contributed by atoms with van der Waals surface area (Å²) in [5, 5.41) is 5.62. The maximum absolute atomic E-state index is 13.5. The largest absolute Gasteiger partial charge is 0.360 e. The smallest absolute Gasteiger partial charge is 0.233 e. The molecule has 1 N–H and O–H groups in total. The van der Waals surface area contributed by atoms with Gasteiger partial charge in [-0.05, 0) is 19.1 Å². The van der Waals surface area contributed by atoms with E-state index in [9.17, 15) is 26.4 Å². The van der Waals surface area contributed by atoms with Crippen LogP contribution in [0.15, 0.2) is 22.7 Å². The van der Waals surface area contributed by atoms with Gasteiger partial charge >= 0.3 is 0 Å². The van der Waals surface area contributed by atoms with Crippen molar-refractivity contribution in [3.63, 3.8) is 0 Å². The van der Waals surface area contributed by atoms with Crippen molar-refractivity contribution in [1.29, 1.82) is 0 Å². The molecular formula is C14H14F3N3O4S. The first-order valence-corrected chi connectivity index (χ1v) is 8.79. The lowest BCUT2D eigenvalue weighted by Crippen LogP contribution is -2.33. The number of benzene rings is 1. The highest BCUT2D eigenvalue weighted by Gasteiger charge is 2.22. The first kappa shape index (κ1) is 18.8. The van der Waals surface area contributed by atoms with Crippen LogP contribution in [0.4, 0.5) is 24.7 Å². The highest BCUT2D eigenvalue weighted by molar-refractivity contribution is 7.92. The summed E-state index contributed by atoms with van der Waals surface area (Å²) in [5.41, 5.74) is -0.549. The quantitative estimate of drug-likeness (QED) is 0.779. The van der Waals surface area contributed by atoms with Crippen molar-refractivity contribution in [2.75, 3.05) is 22.4 Å². The van der Waals surface area contributed by atoms with Gasteiger partial charge in [0, 0.05) is 19.0 Å². The Bertz CT molecular complexity index is 899. The molecule has 25 heavy (non-hydrogen) atoms. The van der Waals surface area contributed by atoms with E-state index in [2.05, 4.69) is 10.5 Å². The lowest BCUT2D eigenvalue weighted by molar-refractivity contribution is -0.116. The number of nitrogens with zero attached hydrogens (tertiary/aromatic N) is 2. The molecule has 0 unspecified atom stereocenters. The van der Waals surface area contributed by atoms with E-state index in [1.165, 1.54) is 6.07 Å². The summed E-state index contributed by atoms with van der Waals surface area (Å²) in [6.45, 7) is 1.26. The van der Waals surface area contributed by atoms with Gasteiger partial charge in [0.2, 0.25) is 15.9 Å². The van der Waals surface area contributed by atoms with E-state index in [1.807, 2.05) is 0 Å². The Hall–Kier alpha value is -2.56. The molecule has 0 aliphatic carbocycles. The zero-order valence-corrected chi connectivity index (χ0v) is 14.0. The molecule has 0 saturated carbocycles. The van der Waals surface area contributed by atoms with Gasteiger partial charge in [-0.15, -0.1) is 0 Å². The highest BCUT2D eigenvalue weighted by Crippen LogP contribution is 2.20. The minimum atomic E-state index is -3.75. The third-order valence-electron chi connectivity index (χ3n) is 3.12. The van der Waals surface area contributed by atoms with Gasteiger partial charge in [-0.3, -0.25) is 9.10 Å². The summed E-state index contributed by atoms with van der Waals surface area (Å²) in [7, 11) is -3.75. The van der Waals surface area contributed by atoms with E-state index in [0.29, 0.717) is 11.8 Å². The number of carbonyl (C=O) groups excluding carboxylic acids is 1. The van der Waals surface area contributed by atoms with Gasteiger partial charge in [0.1, 0.15) is 5.76 Å². The van der Waals surface area contributed by atoms with Gasteiger partial charge in [0.05, 0.1) is 11.9 Å². The average Bonchev–Trinajstić information content (AvgIpc) is 2.93. The Morgan fingerprint density at radius 1 is 1.28 bits per heavy atom. The summed E-state index contributed by atoms with van der Waals surface area (Å²) in [6, 6.07) is 2.89. The third kappa shape index (κ3) is 4.50. The number of halogens is 3. The number of hydrogen-bond donors (Lipinski definition) is 1. The van der Waals surface area contributed by atoms with E-state index >= 15 is 0 Å². The van der Waals surface area contributed by atoms with E-state index < -0.39 is 39.1 Å². The van der Waals surface area contributed by atoms with Crippen LogP contribution < -0.4 is 9.62 Å². The van der Waals surface area contributed by atoms with Gasteiger partial charge in [0.25, 0.3) is 0 Å². The van der Waals surface area contributed by atoms with Crippen LogP contribution in [-0.4, -0.2) is 32.3 Å². The Kier molecular flexibility index (Phi) is 5.36. The molecule has 11 heteroatoms.